The highest BCUT2D eigenvalue weighted by atomic mass is 79.9. The first-order valence-electron chi connectivity index (χ1n) is 6.69. The van der Waals surface area contributed by atoms with Gasteiger partial charge in [-0.3, -0.25) is 0 Å². The molecule has 0 fully saturated rings. The maximum absolute atomic E-state index is 13.7. The molecule has 116 valence electrons. The number of para-hydroxylation sites is 2. The molecular weight excluding hydrogens is 366 g/mol. The first-order valence-corrected chi connectivity index (χ1v) is 7.48. The number of rotatable bonds is 4. The number of aromatic nitrogens is 2. The molecule has 0 amide bonds. The van der Waals surface area contributed by atoms with Crippen LogP contribution in [0.3, 0.4) is 0 Å². The van der Waals surface area contributed by atoms with Crippen LogP contribution in [0.1, 0.15) is 0 Å². The molecular formula is C16H11BrF2N4. The lowest BCUT2D eigenvalue weighted by molar-refractivity contribution is 0.590. The van der Waals surface area contributed by atoms with Crippen LogP contribution in [-0.2, 0) is 0 Å². The summed E-state index contributed by atoms with van der Waals surface area (Å²) in [6.07, 6.45) is 1.49. The Morgan fingerprint density at radius 1 is 0.870 bits per heavy atom. The van der Waals surface area contributed by atoms with E-state index in [1.807, 2.05) is 24.3 Å². The molecule has 3 rings (SSSR count). The van der Waals surface area contributed by atoms with E-state index in [1.165, 1.54) is 30.5 Å². The van der Waals surface area contributed by atoms with Crippen LogP contribution < -0.4 is 10.6 Å². The van der Waals surface area contributed by atoms with Crippen molar-refractivity contribution in [3.05, 3.63) is 70.8 Å². The van der Waals surface area contributed by atoms with Crippen LogP contribution in [-0.4, -0.2) is 9.97 Å². The van der Waals surface area contributed by atoms with Crippen molar-refractivity contribution < 1.29 is 8.78 Å². The Balaban J connectivity index is 1.84. The topological polar surface area (TPSA) is 49.8 Å². The smallest absolute Gasteiger partial charge is 0.229 e. The minimum absolute atomic E-state index is 0.252. The summed E-state index contributed by atoms with van der Waals surface area (Å²) in [7, 11) is 0. The quantitative estimate of drug-likeness (QED) is 0.672. The zero-order valence-corrected chi connectivity index (χ0v) is 13.3. The normalized spacial score (nSPS) is 10.4. The first-order chi connectivity index (χ1) is 11.1. The summed E-state index contributed by atoms with van der Waals surface area (Å²) in [5.41, 5.74) is 0.528. The molecule has 2 N–H and O–H groups in total. The van der Waals surface area contributed by atoms with Gasteiger partial charge >= 0.3 is 0 Å². The minimum atomic E-state index is -0.691. The van der Waals surface area contributed by atoms with Crippen molar-refractivity contribution in [2.24, 2.45) is 0 Å². The van der Waals surface area contributed by atoms with E-state index in [9.17, 15) is 8.78 Å². The van der Waals surface area contributed by atoms with Crippen molar-refractivity contribution in [1.82, 2.24) is 9.97 Å². The van der Waals surface area contributed by atoms with E-state index in [0.29, 0.717) is 5.95 Å². The molecule has 0 unspecified atom stereocenters. The molecule has 0 aliphatic heterocycles. The maximum Gasteiger partial charge on any atom is 0.229 e. The van der Waals surface area contributed by atoms with Gasteiger partial charge in [0, 0.05) is 10.7 Å². The van der Waals surface area contributed by atoms with Crippen LogP contribution in [0.25, 0.3) is 0 Å². The summed E-state index contributed by atoms with van der Waals surface area (Å²) < 4.78 is 28.2. The summed E-state index contributed by atoms with van der Waals surface area (Å²) in [5.74, 6) is -0.801. The molecule has 4 nitrogen and oxygen atoms in total. The van der Waals surface area contributed by atoms with Gasteiger partial charge in [0.05, 0.1) is 5.69 Å². The predicted octanol–water partition coefficient (Wildman–Crippen LogP) is 5.00. The fraction of sp³-hybridized carbons (Fsp3) is 0. The second kappa shape index (κ2) is 6.70. The zero-order valence-electron chi connectivity index (χ0n) is 11.7. The monoisotopic (exact) mass is 376 g/mol. The van der Waals surface area contributed by atoms with Gasteiger partial charge in [0.2, 0.25) is 5.95 Å². The summed E-state index contributed by atoms with van der Waals surface area (Å²) in [6, 6.07) is 12.6. The molecule has 0 aliphatic rings. The molecule has 3 aromatic rings. The van der Waals surface area contributed by atoms with Gasteiger partial charge in [-0.15, -0.1) is 0 Å². The van der Waals surface area contributed by atoms with E-state index in [0.717, 1.165) is 10.2 Å². The minimum Gasteiger partial charge on any atom is -0.335 e. The maximum atomic E-state index is 13.7. The number of hydrogen-bond donors (Lipinski definition) is 2. The van der Waals surface area contributed by atoms with E-state index < -0.39 is 11.6 Å². The molecule has 1 aromatic heterocycles. The van der Waals surface area contributed by atoms with Crippen molar-refractivity contribution >= 4 is 39.1 Å². The Bertz CT molecular complexity index is 822. The van der Waals surface area contributed by atoms with Crippen molar-refractivity contribution in [2.75, 3.05) is 10.6 Å². The summed E-state index contributed by atoms with van der Waals surface area (Å²) in [4.78, 5) is 8.29. The molecule has 0 atom stereocenters. The molecule has 1 heterocycles. The van der Waals surface area contributed by atoms with E-state index in [4.69, 9.17) is 0 Å². The lowest BCUT2D eigenvalue weighted by Gasteiger charge is -2.10. The van der Waals surface area contributed by atoms with Crippen molar-refractivity contribution in [3.8, 4) is 0 Å². The molecule has 2 aromatic carbocycles. The lowest BCUT2D eigenvalue weighted by atomic mass is 10.3. The van der Waals surface area contributed by atoms with Crippen molar-refractivity contribution in [2.45, 2.75) is 0 Å². The van der Waals surface area contributed by atoms with Crippen LogP contribution in [0.4, 0.5) is 31.9 Å². The van der Waals surface area contributed by atoms with E-state index in [2.05, 4.69) is 36.5 Å². The Labute approximate surface area is 139 Å². The third kappa shape index (κ3) is 3.62. The van der Waals surface area contributed by atoms with Gasteiger partial charge < -0.3 is 10.6 Å². The van der Waals surface area contributed by atoms with Gasteiger partial charge in [-0.2, -0.15) is 4.98 Å². The van der Waals surface area contributed by atoms with Crippen LogP contribution in [0.2, 0.25) is 0 Å². The van der Waals surface area contributed by atoms with Crippen LogP contribution in [0.15, 0.2) is 59.2 Å². The van der Waals surface area contributed by atoms with Gasteiger partial charge in [-0.25, -0.2) is 13.8 Å². The molecule has 0 radical (unpaired) electrons. The third-order valence-corrected chi connectivity index (χ3v) is 3.68. The second-order valence-electron chi connectivity index (χ2n) is 4.59. The van der Waals surface area contributed by atoms with Gasteiger partial charge in [-0.1, -0.05) is 18.2 Å². The first kappa shape index (κ1) is 15.4. The SMILES string of the molecule is Fc1cccc(F)c1Nc1ccnc(Nc2ccccc2Br)n1. The molecule has 0 spiro atoms. The highest BCUT2D eigenvalue weighted by Crippen LogP contribution is 2.25. The van der Waals surface area contributed by atoms with Gasteiger partial charge in [0.1, 0.15) is 23.1 Å². The van der Waals surface area contributed by atoms with Gasteiger partial charge in [0.15, 0.2) is 0 Å². The van der Waals surface area contributed by atoms with Crippen LogP contribution in [0, 0.1) is 11.6 Å². The number of hydrogen-bond acceptors (Lipinski definition) is 4. The molecule has 23 heavy (non-hydrogen) atoms. The number of nitrogens with one attached hydrogen (secondary N) is 2. The van der Waals surface area contributed by atoms with Crippen molar-refractivity contribution in [3.63, 3.8) is 0 Å². The Kier molecular flexibility index (Phi) is 4.47. The van der Waals surface area contributed by atoms with Gasteiger partial charge in [-0.05, 0) is 46.3 Å². The number of nitrogens with zero attached hydrogens (tertiary/aromatic N) is 2. The fourth-order valence-corrected chi connectivity index (χ4v) is 2.30. The van der Waals surface area contributed by atoms with Gasteiger partial charge in [0.25, 0.3) is 0 Å². The van der Waals surface area contributed by atoms with Crippen LogP contribution in [0.5, 0.6) is 0 Å². The number of anilines is 4. The molecule has 0 saturated heterocycles. The zero-order chi connectivity index (χ0) is 16.2. The number of halogens is 3. The summed E-state index contributed by atoms with van der Waals surface area (Å²) >= 11 is 3.41. The van der Waals surface area contributed by atoms with E-state index in [-0.39, 0.29) is 11.5 Å². The van der Waals surface area contributed by atoms with Crippen molar-refractivity contribution in [1.29, 1.82) is 0 Å². The standard InChI is InChI=1S/C16H11BrF2N4/c17-10-4-1-2-7-13(10)21-16-20-9-8-14(23-16)22-15-11(18)5-3-6-12(15)19/h1-9H,(H2,20,21,22,23). The molecule has 0 bridgehead atoms. The predicted molar refractivity (Wildman–Crippen MR) is 89.1 cm³/mol. The van der Waals surface area contributed by atoms with E-state index in [1.54, 1.807) is 0 Å². The molecule has 0 aliphatic carbocycles. The second-order valence-corrected chi connectivity index (χ2v) is 5.45. The van der Waals surface area contributed by atoms with Crippen LogP contribution >= 0.6 is 15.9 Å². The Morgan fingerprint density at radius 2 is 1.61 bits per heavy atom. The summed E-state index contributed by atoms with van der Waals surface area (Å²) in [5, 5.41) is 5.66. The highest BCUT2D eigenvalue weighted by Gasteiger charge is 2.10. The average Bonchev–Trinajstić information content (AvgIpc) is 2.54. The van der Waals surface area contributed by atoms with E-state index >= 15 is 0 Å². The molecule has 0 saturated carbocycles. The highest BCUT2D eigenvalue weighted by molar-refractivity contribution is 9.10. The third-order valence-electron chi connectivity index (χ3n) is 2.99. The fourth-order valence-electron chi connectivity index (χ4n) is 1.92. The largest absolute Gasteiger partial charge is 0.335 e. The number of benzene rings is 2. The lowest BCUT2D eigenvalue weighted by Crippen LogP contribution is -2.03. The molecule has 7 heteroatoms. The summed E-state index contributed by atoms with van der Waals surface area (Å²) in [6.45, 7) is 0. The Hall–Kier alpha value is -2.54. The Morgan fingerprint density at radius 3 is 2.35 bits per heavy atom. The average molecular weight is 377 g/mol.